The average Bonchev–Trinajstić information content (AvgIpc) is 2.58. The molecule has 0 amide bonds. The number of benzene rings is 2. The number of carbonyl (C=O) groups excluding carboxylic acids is 1. The minimum absolute atomic E-state index is 0.0994. The monoisotopic (exact) mass is 422 g/mol. The second-order valence-corrected chi connectivity index (χ2v) is 10.6. The number of hydrogen-bond donors (Lipinski definition) is 0. The summed E-state index contributed by atoms with van der Waals surface area (Å²) in [6, 6.07) is 8.27. The maximum atomic E-state index is 13.8. The van der Waals surface area contributed by atoms with Crippen LogP contribution < -0.4 is 5.30 Å². The van der Waals surface area contributed by atoms with Crippen molar-refractivity contribution in [1.82, 2.24) is 0 Å². The van der Waals surface area contributed by atoms with Crippen LogP contribution in [0.4, 0.5) is 26.3 Å². The zero-order valence-electron chi connectivity index (χ0n) is 15.2. The van der Waals surface area contributed by atoms with Gasteiger partial charge in [0, 0.05) is 10.5 Å². The molecule has 0 spiro atoms. The predicted octanol–water partition coefficient (Wildman–Crippen LogP) is 6.35. The molecular formula is C19H17F6O2P. The summed E-state index contributed by atoms with van der Waals surface area (Å²) in [5.41, 5.74) is -6.78. The van der Waals surface area contributed by atoms with Gasteiger partial charge in [-0.05, 0) is 12.1 Å². The van der Waals surface area contributed by atoms with E-state index in [9.17, 15) is 35.7 Å². The van der Waals surface area contributed by atoms with Crippen molar-refractivity contribution in [2.75, 3.05) is 0 Å². The van der Waals surface area contributed by atoms with Crippen LogP contribution in [0, 0.1) is 0 Å². The van der Waals surface area contributed by atoms with E-state index >= 15 is 0 Å². The third kappa shape index (κ3) is 3.88. The van der Waals surface area contributed by atoms with E-state index in [1.807, 2.05) is 0 Å². The first-order valence-corrected chi connectivity index (χ1v) is 9.80. The molecule has 0 radical (unpaired) electrons. The van der Waals surface area contributed by atoms with Crippen molar-refractivity contribution >= 4 is 18.0 Å². The van der Waals surface area contributed by atoms with E-state index in [0.29, 0.717) is 18.2 Å². The lowest BCUT2D eigenvalue weighted by Gasteiger charge is -2.32. The van der Waals surface area contributed by atoms with Crippen molar-refractivity contribution in [3.05, 3.63) is 65.2 Å². The Kier molecular flexibility index (Phi) is 5.61. The summed E-state index contributed by atoms with van der Waals surface area (Å²) in [7, 11) is -4.40. The number of halogens is 6. The Labute approximate surface area is 157 Å². The van der Waals surface area contributed by atoms with Crippen LogP contribution >= 0.6 is 7.14 Å². The lowest BCUT2D eigenvalue weighted by atomic mass is 10.0. The van der Waals surface area contributed by atoms with Gasteiger partial charge in [-0.1, -0.05) is 57.2 Å². The third-order valence-electron chi connectivity index (χ3n) is 4.24. The third-order valence-corrected chi connectivity index (χ3v) is 7.95. The van der Waals surface area contributed by atoms with Gasteiger partial charge in [0.05, 0.1) is 16.7 Å². The highest BCUT2D eigenvalue weighted by atomic mass is 31.2. The van der Waals surface area contributed by atoms with Gasteiger partial charge in [0.25, 0.3) is 0 Å². The van der Waals surface area contributed by atoms with Crippen molar-refractivity contribution in [3.63, 3.8) is 0 Å². The molecule has 152 valence electrons. The molecule has 9 heteroatoms. The smallest absolute Gasteiger partial charge is 0.310 e. The summed E-state index contributed by atoms with van der Waals surface area (Å²) < 4.78 is 94.5. The second kappa shape index (κ2) is 7.07. The molecule has 0 bridgehead atoms. The first-order valence-electron chi connectivity index (χ1n) is 8.10. The molecule has 0 aliphatic heterocycles. The quantitative estimate of drug-likeness (QED) is 0.427. The van der Waals surface area contributed by atoms with E-state index in [-0.39, 0.29) is 5.30 Å². The summed E-state index contributed by atoms with van der Waals surface area (Å²) in [4.78, 5) is 13.2. The van der Waals surface area contributed by atoms with Gasteiger partial charge in [-0.3, -0.25) is 4.79 Å². The van der Waals surface area contributed by atoms with Crippen LogP contribution in [0.3, 0.4) is 0 Å². The molecular weight excluding hydrogens is 405 g/mol. The van der Waals surface area contributed by atoms with E-state index in [1.54, 1.807) is 0 Å². The lowest BCUT2D eigenvalue weighted by Crippen LogP contribution is -2.31. The number of alkyl halides is 6. The molecule has 2 aromatic carbocycles. The van der Waals surface area contributed by atoms with E-state index in [0.717, 1.165) is 0 Å². The van der Waals surface area contributed by atoms with Gasteiger partial charge in [0.1, 0.15) is 0 Å². The number of rotatable bonds is 3. The molecule has 2 nitrogen and oxygen atoms in total. The highest BCUT2D eigenvalue weighted by Gasteiger charge is 2.51. The van der Waals surface area contributed by atoms with E-state index in [2.05, 4.69) is 0 Å². The largest absolute Gasteiger partial charge is 0.417 e. The van der Waals surface area contributed by atoms with Crippen molar-refractivity contribution in [2.45, 2.75) is 38.3 Å². The van der Waals surface area contributed by atoms with Gasteiger partial charge < -0.3 is 4.57 Å². The number of hydrogen-bond acceptors (Lipinski definition) is 2. The molecule has 2 aromatic rings. The molecule has 2 rings (SSSR count). The van der Waals surface area contributed by atoms with Gasteiger partial charge >= 0.3 is 12.4 Å². The van der Waals surface area contributed by atoms with Gasteiger partial charge in [0.2, 0.25) is 5.52 Å². The molecule has 1 atom stereocenters. The van der Waals surface area contributed by atoms with Crippen LogP contribution in [-0.2, 0) is 16.9 Å². The Balaban J connectivity index is 2.93. The fourth-order valence-corrected chi connectivity index (χ4v) is 5.63. The summed E-state index contributed by atoms with van der Waals surface area (Å²) in [6.45, 7) is 4.05. The average molecular weight is 422 g/mol. The van der Waals surface area contributed by atoms with Crippen molar-refractivity contribution in [2.24, 2.45) is 0 Å². The zero-order chi connectivity index (χ0) is 21.5. The van der Waals surface area contributed by atoms with E-state index in [4.69, 9.17) is 0 Å². The van der Waals surface area contributed by atoms with Gasteiger partial charge in [-0.2, -0.15) is 26.3 Å². The Morgan fingerprint density at radius 2 is 1.18 bits per heavy atom. The Bertz CT molecular complexity index is 892. The van der Waals surface area contributed by atoms with E-state index < -0.39 is 46.9 Å². The summed E-state index contributed by atoms with van der Waals surface area (Å²) >= 11 is 0. The van der Waals surface area contributed by atoms with Crippen LogP contribution in [0.2, 0.25) is 0 Å². The first-order chi connectivity index (χ1) is 12.6. The molecule has 0 aromatic heterocycles. The minimum atomic E-state index is -5.23. The van der Waals surface area contributed by atoms with Crippen molar-refractivity contribution in [3.8, 4) is 0 Å². The fraction of sp³-hybridized carbons (Fsp3) is 0.316. The minimum Gasteiger partial charge on any atom is -0.310 e. The maximum Gasteiger partial charge on any atom is 0.417 e. The lowest BCUT2D eigenvalue weighted by molar-refractivity contribution is -0.143. The van der Waals surface area contributed by atoms with Gasteiger partial charge in [-0.15, -0.1) is 0 Å². The molecule has 0 fully saturated rings. The van der Waals surface area contributed by atoms with Crippen LogP contribution in [-0.4, -0.2) is 10.7 Å². The predicted molar refractivity (Wildman–Crippen MR) is 94.2 cm³/mol. The molecule has 0 N–H and O–H groups in total. The fourth-order valence-electron chi connectivity index (χ4n) is 2.86. The molecule has 0 aliphatic rings. The van der Waals surface area contributed by atoms with Crippen molar-refractivity contribution in [1.29, 1.82) is 0 Å². The molecule has 0 heterocycles. The summed E-state index contributed by atoms with van der Waals surface area (Å²) in [5, 5.41) is -1.51. The zero-order valence-corrected chi connectivity index (χ0v) is 16.0. The molecule has 0 aliphatic carbocycles. The summed E-state index contributed by atoms with van der Waals surface area (Å²) in [5.74, 6) is 0. The number of carbonyl (C=O) groups is 1. The van der Waals surface area contributed by atoms with Gasteiger partial charge in [-0.25, -0.2) is 0 Å². The summed E-state index contributed by atoms with van der Waals surface area (Å²) in [6.07, 6.45) is -10.5. The molecule has 0 saturated carbocycles. The first kappa shape index (κ1) is 22.2. The Morgan fingerprint density at radius 1 is 0.750 bits per heavy atom. The Hall–Kier alpha value is -2.08. The van der Waals surface area contributed by atoms with Crippen LogP contribution in [0.25, 0.3) is 0 Å². The molecule has 0 saturated heterocycles. The molecule has 1 unspecified atom stereocenters. The maximum absolute atomic E-state index is 13.8. The van der Waals surface area contributed by atoms with E-state index in [1.165, 1.54) is 51.1 Å². The van der Waals surface area contributed by atoms with Crippen molar-refractivity contribution < 1.29 is 35.7 Å². The normalized spacial score (nSPS) is 15.2. The van der Waals surface area contributed by atoms with Crippen LogP contribution in [0.5, 0.6) is 0 Å². The van der Waals surface area contributed by atoms with Crippen LogP contribution in [0.1, 0.15) is 42.3 Å². The van der Waals surface area contributed by atoms with Crippen LogP contribution in [0.15, 0.2) is 48.5 Å². The topological polar surface area (TPSA) is 34.1 Å². The highest BCUT2D eigenvalue weighted by Crippen LogP contribution is 2.60. The standard InChI is InChI=1S/C19H17F6O2P/c1-17(2,3)28(27,12-8-5-4-6-9-12)16(26)15-13(18(20,21)22)10-7-11-14(15)19(23,24)25/h4-11H,1-3H3. The van der Waals surface area contributed by atoms with Gasteiger partial charge in [0.15, 0.2) is 7.14 Å². The highest BCUT2D eigenvalue weighted by molar-refractivity contribution is 7.88. The molecule has 28 heavy (non-hydrogen) atoms. The second-order valence-electron chi connectivity index (χ2n) is 7.14. The SMILES string of the molecule is CC(C)(C)P(=O)(C(=O)c1c(C(F)(F)F)cccc1C(F)(F)F)c1ccccc1. The Morgan fingerprint density at radius 3 is 1.54 bits per heavy atom.